The first kappa shape index (κ1) is 36.8. The summed E-state index contributed by atoms with van der Waals surface area (Å²) in [4.78, 5) is 1.75. The highest BCUT2D eigenvalue weighted by molar-refractivity contribution is 7.99. The number of hydrogen-bond acceptors (Lipinski definition) is 7. The maximum atomic E-state index is 11.0. The SMILES string of the molecule is CCCCCCOc1cc(Sc2cc(OCCCCCC)c(O)c(OCCCCCC)c2)cc(OCCCCCC)c1O. The van der Waals surface area contributed by atoms with Crippen molar-refractivity contribution in [3.8, 4) is 34.5 Å². The van der Waals surface area contributed by atoms with E-state index in [0.717, 1.165) is 86.8 Å². The molecule has 2 aromatic carbocycles. The summed E-state index contributed by atoms with van der Waals surface area (Å²) in [6, 6.07) is 7.47. The van der Waals surface area contributed by atoms with Gasteiger partial charge in [-0.3, -0.25) is 0 Å². The van der Waals surface area contributed by atoms with E-state index in [-0.39, 0.29) is 11.5 Å². The first-order chi connectivity index (χ1) is 21.0. The Morgan fingerprint density at radius 3 is 0.907 bits per heavy atom. The summed E-state index contributed by atoms with van der Waals surface area (Å²) >= 11 is 1.51. The van der Waals surface area contributed by atoms with Crippen LogP contribution in [0.15, 0.2) is 34.1 Å². The fraction of sp³-hybridized carbons (Fsp3) is 0.667. The first-order valence-corrected chi connectivity index (χ1v) is 17.8. The number of aromatic hydroxyl groups is 2. The zero-order valence-electron chi connectivity index (χ0n) is 27.4. The van der Waals surface area contributed by atoms with Gasteiger partial charge in [-0.15, -0.1) is 0 Å². The molecule has 0 amide bonds. The molecule has 2 aromatic rings. The Morgan fingerprint density at radius 2 is 0.674 bits per heavy atom. The van der Waals surface area contributed by atoms with E-state index < -0.39 is 0 Å². The largest absolute Gasteiger partial charge is 0.502 e. The van der Waals surface area contributed by atoms with E-state index in [2.05, 4.69) is 27.7 Å². The van der Waals surface area contributed by atoms with Crippen LogP contribution in [0.4, 0.5) is 0 Å². The monoisotopic (exact) mass is 618 g/mol. The third kappa shape index (κ3) is 14.7. The predicted molar refractivity (Wildman–Crippen MR) is 179 cm³/mol. The molecule has 0 aromatic heterocycles. The minimum Gasteiger partial charge on any atom is -0.502 e. The minimum absolute atomic E-state index is 0.0493. The predicted octanol–water partition coefficient (Wildman–Crippen LogP) is 11.1. The van der Waals surface area contributed by atoms with Crippen molar-refractivity contribution in [3.05, 3.63) is 24.3 Å². The first-order valence-electron chi connectivity index (χ1n) is 17.0. The van der Waals surface area contributed by atoms with Gasteiger partial charge in [0.1, 0.15) is 0 Å². The van der Waals surface area contributed by atoms with Gasteiger partial charge in [0.25, 0.3) is 0 Å². The molecule has 0 aliphatic rings. The maximum Gasteiger partial charge on any atom is 0.200 e. The molecular weight excluding hydrogens is 560 g/mol. The summed E-state index contributed by atoms with van der Waals surface area (Å²) in [5.41, 5.74) is 0. The summed E-state index contributed by atoms with van der Waals surface area (Å²) in [5, 5.41) is 22.0. The van der Waals surface area contributed by atoms with Crippen LogP contribution in [0.3, 0.4) is 0 Å². The number of unbranched alkanes of at least 4 members (excludes halogenated alkanes) is 12. The van der Waals surface area contributed by atoms with Crippen LogP contribution in [-0.4, -0.2) is 36.6 Å². The van der Waals surface area contributed by atoms with Crippen molar-refractivity contribution in [2.24, 2.45) is 0 Å². The minimum atomic E-state index is 0.0493. The van der Waals surface area contributed by atoms with Gasteiger partial charge < -0.3 is 29.2 Å². The van der Waals surface area contributed by atoms with Gasteiger partial charge >= 0.3 is 0 Å². The lowest BCUT2D eigenvalue weighted by molar-refractivity contribution is 0.263. The Labute approximate surface area is 265 Å². The van der Waals surface area contributed by atoms with Crippen LogP contribution in [0.1, 0.15) is 130 Å². The lowest BCUT2D eigenvalue weighted by Gasteiger charge is -2.17. The van der Waals surface area contributed by atoms with Crippen molar-refractivity contribution in [3.63, 3.8) is 0 Å². The lowest BCUT2D eigenvalue weighted by atomic mass is 10.2. The van der Waals surface area contributed by atoms with Crippen LogP contribution in [0.25, 0.3) is 0 Å². The molecule has 0 aliphatic carbocycles. The number of hydrogen-bond donors (Lipinski definition) is 2. The maximum absolute atomic E-state index is 11.0. The third-order valence-corrected chi connectivity index (χ3v) is 8.23. The Hall–Kier alpha value is -2.41. The third-order valence-electron chi connectivity index (χ3n) is 7.28. The summed E-state index contributed by atoms with van der Waals surface area (Å²) < 4.78 is 24.2. The average Bonchev–Trinajstić information content (AvgIpc) is 3.00. The molecule has 6 nitrogen and oxygen atoms in total. The molecule has 0 bridgehead atoms. The quantitative estimate of drug-likeness (QED) is 0.102. The molecule has 0 heterocycles. The van der Waals surface area contributed by atoms with Crippen LogP contribution in [0, 0.1) is 0 Å². The lowest BCUT2D eigenvalue weighted by Crippen LogP contribution is -2.02. The summed E-state index contributed by atoms with van der Waals surface area (Å²) in [6.07, 6.45) is 17.5. The number of ether oxygens (including phenoxy) is 4. The van der Waals surface area contributed by atoms with Gasteiger partial charge in [-0.05, 0) is 49.9 Å². The van der Waals surface area contributed by atoms with E-state index in [1.54, 1.807) is 0 Å². The van der Waals surface area contributed by atoms with Crippen molar-refractivity contribution in [2.75, 3.05) is 26.4 Å². The molecule has 0 radical (unpaired) electrons. The van der Waals surface area contributed by atoms with Gasteiger partial charge in [-0.25, -0.2) is 0 Å². The molecule has 0 aliphatic heterocycles. The van der Waals surface area contributed by atoms with Crippen LogP contribution in [-0.2, 0) is 0 Å². The molecule has 43 heavy (non-hydrogen) atoms. The number of benzene rings is 2. The second kappa shape index (κ2) is 23.0. The molecule has 2 N–H and O–H groups in total. The van der Waals surface area contributed by atoms with Gasteiger partial charge in [-0.1, -0.05) is 117 Å². The Morgan fingerprint density at radius 1 is 0.419 bits per heavy atom. The molecular formula is C36H58O6S. The zero-order valence-corrected chi connectivity index (χ0v) is 28.2. The fourth-order valence-electron chi connectivity index (χ4n) is 4.65. The molecule has 0 atom stereocenters. The second-order valence-electron chi connectivity index (χ2n) is 11.3. The van der Waals surface area contributed by atoms with E-state index in [1.165, 1.54) is 37.4 Å². The van der Waals surface area contributed by atoms with Crippen molar-refractivity contribution < 1.29 is 29.2 Å². The van der Waals surface area contributed by atoms with Crippen LogP contribution < -0.4 is 18.9 Å². The number of phenolic OH excluding ortho intramolecular Hbond substituents is 2. The zero-order chi connectivity index (χ0) is 31.1. The van der Waals surface area contributed by atoms with E-state index >= 15 is 0 Å². The second-order valence-corrected chi connectivity index (χ2v) is 12.4. The highest BCUT2D eigenvalue weighted by Crippen LogP contribution is 2.46. The van der Waals surface area contributed by atoms with Gasteiger partial charge in [0.2, 0.25) is 11.5 Å². The number of rotatable bonds is 26. The molecule has 0 spiro atoms. The molecule has 0 fully saturated rings. The summed E-state index contributed by atoms with van der Waals surface area (Å²) in [6.45, 7) is 10.9. The Balaban J connectivity index is 2.28. The van der Waals surface area contributed by atoms with Crippen LogP contribution in [0.2, 0.25) is 0 Å². The van der Waals surface area contributed by atoms with E-state index in [0.29, 0.717) is 49.4 Å². The normalized spacial score (nSPS) is 11.1. The van der Waals surface area contributed by atoms with Gasteiger partial charge in [-0.2, -0.15) is 0 Å². The smallest absolute Gasteiger partial charge is 0.200 e. The van der Waals surface area contributed by atoms with Gasteiger partial charge in [0.15, 0.2) is 23.0 Å². The van der Waals surface area contributed by atoms with Gasteiger partial charge in [0.05, 0.1) is 26.4 Å². The van der Waals surface area contributed by atoms with Crippen molar-refractivity contribution >= 4 is 11.8 Å². The average molecular weight is 619 g/mol. The molecule has 7 heteroatoms. The fourth-order valence-corrected chi connectivity index (χ4v) is 5.59. The Bertz CT molecular complexity index is 862. The molecule has 244 valence electrons. The number of phenols is 2. The van der Waals surface area contributed by atoms with Crippen LogP contribution in [0.5, 0.6) is 34.5 Å². The molecule has 2 rings (SSSR count). The van der Waals surface area contributed by atoms with E-state index in [1.807, 2.05) is 24.3 Å². The molecule has 0 saturated carbocycles. The van der Waals surface area contributed by atoms with Crippen LogP contribution >= 0.6 is 11.8 Å². The highest BCUT2D eigenvalue weighted by Gasteiger charge is 2.17. The summed E-state index contributed by atoms with van der Waals surface area (Å²) in [7, 11) is 0. The van der Waals surface area contributed by atoms with Crippen molar-refractivity contribution in [1.82, 2.24) is 0 Å². The Kier molecular flexibility index (Phi) is 19.7. The molecule has 0 unspecified atom stereocenters. The summed E-state index contributed by atoms with van der Waals surface area (Å²) in [5.74, 6) is 1.83. The van der Waals surface area contributed by atoms with Gasteiger partial charge in [0, 0.05) is 9.79 Å². The van der Waals surface area contributed by atoms with E-state index in [4.69, 9.17) is 18.9 Å². The van der Waals surface area contributed by atoms with E-state index in [9.17, 15) is 10.2 Å². The topological polar surface area (TPSA) is 77.4 Å². The van der Waals surface area contributed by atoms with Crippen molar-refractivity contribution in [1.29, 1.82) is 0 Å². The molecule has 0 saturated heterocycles. The highest BCUT2D eigenvalue weighted by atomic mass is 32.2. The van der Waals surface area contributed by atoms with Crippen molar-refractivity contribution in [2.45, 2.75) is 140 Å². The standard InChI is InChI=1S/C36H58O6S/c1-5-9-13-17-21-39-31-25-29(26-32(35(31)37)40-22-18-14-10-6-2)43-30-27-33(41-23-19-15-11-7-3)36(38)34(28-30)42-24-20-16-12-8-4/h25-28,37-38H,5-24H2,1-4H3.